The summed E-state index contributed by atoms with van der Waals surface area (Å²) in [4.78, 5) is 10.0. The average molecular weight is 256 g/mol. The minimum absolute atomic E-state index is 0.0942. The average Bonchev–Trinajstić information content (AvgIpc) is 2.29. The van der Waals surface area contributed by atoms with Crippen LogP contribution in [0.2, 0.25) is 0 Å². The van der Waals surface area contributed by atoms with E-state index in [1.54, 1.807) is 18.4 Å². The molecule has 2 atom stereocenters. The number of rotatable bonds is 6. The lowest BCUT2D eigenvalue weighted by atomic mass is 10.2. The fraction of sp³-hybridized carbons (Fsp3) is 0.455. The van der Waals surface area contributed by atoms with E-state index in [0.29, 0.717) is 13.1 Å². The maximum Gasteiger partial charge on any atom is 0.269 e. The van der Waals surface area contributed by atoms with E-state index in [4.69, 9.17) is 0 Å². The van der Waals surface area contributed by atoms with Crippen LogP contribution in [0.5, 0.6) is 0 Å². The van der Waals surface area contributed by atoms with Crippen LogP contribution in [0.1, 0.15) is 12.5 Å². The smallest absolute Gasteiger partial charge is 0.269 e. The van der Waals surface area contributed by atoms with Crippen molar-refractivity contribution in [3.8, 4) is 0 Å². The van der Waals surface area contributed by atoms with Crippen LogP contribution in [0.3, 0.4) is 0 Å². The molecule has 1 N–H and O–H groups in total. The summed E-state index contributed by atoms with van der Waals surface area (Å²) in [5, 5.41) is 13.7. The molecule has 0 bridgehead atoms. The quantitative estimate of drug-likeness (QED) is 0.617. The third-order valence-electron chi connectivity index (χ3n) is 2.47. The van der Waals surface area contributed by atoms with E-state index >= 15 is 0 Å². The van der Waals surface area contributed by atoms with Crippen LogP contribution < -0.4 is 5.32 Å². The number of hydrogen-bond acceptors (Lipinski definition) is 4. The first-order valence-electron chi connectivity index (χ1n) is 5.27. The van der Waals surface area contributed by atoms with Gasteiger partial charge < -0.3 is 5.32 Å². The van der Waals surface area contributed by atoms with Crippen LogP contribution in [0.4, 0.5) is 5.69 Å². The van der Waals surface area contributed by atoms with E-state index in [0.717, 1.165) is 5.56 Å². The summed E-state index contributed by atoms with van der Waals surface area (Å²) < 4.78 is 11.1. The molecule has 1 aromatic carbocycles. The summed E-state index contributed by atoms with van der Waals surface area (Å²) in [5.74, 6) is 0. The Morgan fingerprint density at radius 3 is 2.47 bits per heavy atom. The molecule has 17 heavy (non-hydrogen) atoms. The second-order valence-electron chi connectivity index (χ2n) is 3.86. The van der Waals surface area contributed by atoms with Crippen molar-refractivity contribution in [3.63, 3.8) is 0 Å². The summed E-state index contributed by atoms with van der Waals surface area (Å²) in [7, 11) is -0.830. The molecule has 94 valence electrons. The SMILES string of the molecule is CC(CNCc1ccc([N+](=O)[O-])cc1)S(C)=O. The molecular weight excluding hydrogens is 240 g/mol. The van der Waals surface area contributed by atoms with Crippen molar-refractivity contribution < 1.29 is 9.13 Å². The van der Waals surface area contributed by atoms with Crippen molar-refractivity contribution >= 4 is 16.5 Å². The molecule has 0 spiro atoms. The van der Waals surface area contributed by atoms with Crippen molar-refractivity contribution in [2.45, 2.75) is 18.7 Å². The second kappa shape index (κ2) is 6.46. The summed E-state index contributed by atoms with van der Waals surface area (Å²) in [5.41, 5.74) is 1.07. The lowest BCUT2D eigenvalue weighted by molar-refractivity contribution is -0.384. The molecule has 0 aliphatic carbocycles. The van der Waals surface area contributed by atoms with Gasteiger partial charge in [0.1, 0.15) is 0 Å². The highest BCUT2D eigenvalue weighted by atomic mass is 32.2. The van der Waals surface area contributed by atoms with Crippen LogP contribution in [0, 0.1) is 10.1 Å². The first kappa shape index (κ1) is 13.8. The molecule has 0 saturated heterocycles. The van der Waals surface area contributed by atoms with Gasteiger partial charge in [-0.15, -0.1) is 0 Å². The van der Waals surface area contributed by atoms with Gasteiger partial charge in [-0.1, -0.05) is 12.1 Å². The van der Waals surface area contributed by atoms with Crippen molar-refractivity contribution in [1.29, 1.82) is 0 Å². The number of nitro groups is 1. The number of non-ortho nitro benzene ring substituents is 1. The predicted octanol–water partition coefficient (Wildman–Crippen LogP) is 1.45. The van der Waals surface area contributed by atoms with Crippen LogP contribution >= 0.6 is 0 Å². The number of nitrogens with zero attached hydrogens (tertiary/aromatic N) is 1. The van der Waals surface area contributed by atoms with E-state index in [-0.39, 0.29) is 10.9 Å². The van der Waals surface area contributed by atoms with Gasteiger partial charge in [0, 0.05) is 47.5 Å². The molecule has 1 rings (SSSR count). The molecule has 0 heterocycles. The molecule has 0 aliphatic rings. The van der Waals surface area contributed by atoms with Gasteiger partial charge in [-0.2, -0.15) is 0 Å². The molecule has 0 radical (unpaired) electrons. The maximum atomic E-state index is 11.1. The first-order chi connectivity index (χ1) is 8.00. The van der Waals surface area contributed by atoms with Gasteiger partial charge in [-0.25, -0.2) is 0 Å². The summed E-state index contributed by atoms with van der Waals surface area (Å²) in [6.45, 7) is 3.21. The minimum Gasteiger partial charge on any atom is -0.311 e. The minimum atomic E-state index is -0.830. The standard InChI is InChI=1S/C11H16N2O3S/c1-9(17(2)16)7-12-8-10-3-5-11(6-4-10)13(14)15/h3-6,9,12H,7-8H2,1-2H3. The van der Waals surface area contributed by atoms with E-state index in [1.165, 1.54) is 12.1 Å². The molecule has 0 saturated carbocycles. The van der Waals surface area contributed by atoms with Crippen LogP contribution in [-0.4, -0.2) is 27.2 Å². The number of nitrogens with one attached hydrogen (secondary N) is 1. The molecule has 0 amide bonds. The Labute approximate surface area is 103 Å². The van der Waals surface area contributed by atoms with Crippen molar-refractivity contribution in [1.82, 2.24) is 5.32 Å². The summed E-state index contributed by atoms with van der Waals surface area (Å²) >= 11 is 0. The molecule has 0 aliphatic heterocycles. The molecule has 1 aromatic rings. The molecule has 6 heteroatoms. The van der Waals surface area contributed by atoms with Gasteiger partial charge in [-0.3, -0.25) is 14.3 Å². The third-order valence-corrected chi connectivity index (χ3v) is 3.77. The number of benzene rings is 1. The van der Waals surface area contributed by atoms with Crippen molar-refractivity contribution in [2.75, 3.05) is 12.8 Å². The Morgan fingerprint density at radius 1 is 1.41 bits per heavy atom. The zero-order chi connectivity index (χ0) is 12.8. The van der Waals surface area contributed by atoms with Gasteiger partial charge in [0.15, 0.2) is 0 Å². The third kappa shape index (κ3) is 4.62. The van der Waals surface area contributed by atoms with E-state index in [2.05, 4.69) is 5.32 Å². The fourth-order valence-electron chi connectivity index (χ4n) is 1.27. The Hall–Kier alpha value is -1.27. The molecule has 0 aromatic heterocycles. The van der Waals surface area contributed by atoms with E-state index in [9.17, 15) is 14.3 Å². The highest BCUT2D eigenvalue weighted by molar-refractivity contribution is 7.84. The summed E-state index contributed by atoms with van der Waals surface area (Å²) in [6.07, 6.45) is 1.68. The lowest BCUT2D eigenvalue weighted by Gasteiger charge is -2.09. The van der Waals surface area contributed by atoms with Gasteiger partial charge in [0.05, 0.1) is 4.92 Å². The van der Waals surface area contributed by atoms with E-state index in [1.807, 2.05) is 6.92 Å². The highest BCUT2D eigenvalue weighted by Crippen LogP contribution is 2.11. The fourth-order valence-corrected chi connectivity index (χ4v) is 1.63. The predicted molar refractivity (Wildman–Crippen MR) is 68.3 cm³/mol. The topological polar surface area (TPSA) is 72.2 Å². The number of hydrogen-bond donors (Lipinski definition) is 1. The Balaban J connectivity index is 2.42. The Kier molecular flexibility index (Phi) is 5.24. The zero-order valence-electron chi connectivity index (χ0n) is 9.88. The van der Waals surface area contributed by atoms with Gasteiger partial charge >= 0.3 is 0 Å². The van der Waals surface area contributed by atoms with Gasteiger partial charge in [-0.05, 0) is 12.5 Å². The lowest BCUT2D eigenvalue weighted by Crippen LogP contribution is -2.27. The van der Waals surface area contributed by atoms with Crippen LogP contribution in [-0.2, 0) is 17.3 Å². The van der Waals surface area contributed by atoms with E-state index < -0.39 is 15.7 Å². The highest BCUT2D eigenvalue weighted by Gasteiger charge is 2.06. The Bertz CT molecular complexity index is 406. The van der Waals surface area contributed by atoms with Gasteiger partial charge in [0.25, 0.3) is 5.69 Å². The molecule has 2 unspecified atom stereocenters. The van der Waals surface area contributed by atoms with Crippen molar-refractivity contribution in [2.24, 2.45) is 0 Å². The number of nitro benzene ring substituents is 1. The second-order valence-corrected chi connectivity index (χ2v) is 5.67. The molecular formula is C11H16N2O3S. The Morgan fingerprint density at radius 2 is 2.00 bits per heavy atom. The van der Waals surface area contributed by atoms with Crippen molar-refractivity contribution in [3.05, 3.63) is 39.9 Å². The van der Waals surface area contributed by atoms with Gasteiger partial charge in [0.2, 0.25) is 0 Å². The summed E-state index contributed by atoms with van der Waals surface area (Å²) in [6, 6.07) is 6.41. The molecule has 0 fully saturated rings. The molecule has 5 nitrogen and oxygen atoms in total. The largest absolute Gasteiger partial charge is 0.311 e. The maximum absolute atomic E-state index is 11.1. The van der Waals surface area contributed by atoms with Crippen LogP contribution in [0.15, 0.2) is 24.3 Å². The monoisotopic (exact) mass is 256 g/mol. The first-order valence-corrected chi connectivity index (χ1v) is 6.89. The normalized spacial score (nSPS) is 14.2. The zero-order valence-corrected chi connectivity index (χ0v) is 10.7. The van der Waals surface area contributed by atoms with Crippen LogP contribution in [0.25, 0.3) is 0 Å².